The Kier molecular flexibility index (Phi) is 7.50. The van der Waals surface area contributed by atoms with E-state index in [0.29, 0.717) is 23.9 Å². The van der Waals surface area contributed by atoms with Crippen molar-refractivity contribution in [3.8, 4) is 5.75 Å². The molecule has 2 aromatic carbocycles. The maximum Gasteiger partial charge on any atom is 0.258 e. The number of nitrogens with one attached hydrogen (secondary N) is 2. The molecule has 0 saturated heterocycles. The molecule has 3 aliphatic carbocycles. The number of hydrogen-bond acceptors (Lipinski definition) is 5. The van der Waals surface area contributed by atoms with E-state index >= 15 is 0 Å². The van der Waals surface area contributed by atoms with Crippen molar-refractivity contribution in [1.29, 1.82) is 0 Å². The van der Waals surface area contributed by atoms with Gasteiger partial charge in [-0.2, -0.15) is 0 Å². The number of nitrogens with zero attached hydrogens (tertiary/aromatic N) is 1. The lowest BCUT2D eigenvalue weighted by Crippen LogP contribution is -2.54. The van der Waals surface area contributed by atoms with Crippen LogP contribution in [0.15, 0.2) is 42.5 Å². The first kappa shape index (κ1) is 24.6. The van der Waals surface area contributed by atoms with E-state index in [9.17, 15) is 19.1 Å². The maximum atomic E-state index is 13.5. The number of carbonyl (C=O) groups is 2. The van der Waals surface area contributed by atoms with Gasteiger partial charge in [0.25, 0.3) is 5.91 Å². The van der Waals surface area contributed by atoms with Crippen LogP contribution in [0.3, 0.4) is 0 Å². The van der Waals surface area contributed by atoms with E-state index in [0.717, 1.165) is 24.6 Å². The Morgan fingerprint density at radius 1 is 1.12 bits per heavy atom. The van der Waals surface area contributed by atoms with Crippen molar-refractivity contribution in [2.75, 3.05) is 31.2 Å². The number of amides is 2. The molecule has 7 nitrogen and oxygen atoms in total. The van der Waals surface area contributed by atoms with Crippen molar-refractivity contribution in [2.24, 2.45) is 5.92 Å². The van der Waals surface area contributed by atoms with Gasteiger partial charge in [0.15, 0.2) is 6.61 Å². The van der Waals surface area contributed by atoms with Gasteiger partial charge in [0.2, 0.25) is 5.91 Å². The van der Waals surface area contributed by atoms with Crippen molar-refractivity contribution in [3.63, 3.8) is 0 Å². The molecule has 3 fully saturated rings. The number of halogens is 3. The van der Waals surface area contributed by atoms with Gasteiger partial charge in [-0.3, -0.25) is 9.59 Å². The number of hydrogen-bond donors (Lipinski definition) is 3. The molecule has 0 aromatic heterocycles. The molecular formula is C24H26Cl2FN3O4. The molecule has 2 aromatic rings. The van der Waals surface area contributed by atoms with Gasteiger partial charge in [-0.05, 0) is 61.6 Å². The molecule has 1 unspecified atom stereocenters. The summed E-state index contributed by atoms with van der Waals surface area (Å²) >= 11 is 11.6. The fourth-order valence-electron chi connectivity index (χ4n) is 4.85. The van der Waals surface area contributed by atoms with Crippen LogP contribution in [-0.4, -0.2) is 54.8 Å². The summed E-state index contributed by atoms with van der Waals surface area (Å²) in [5, 5.41) is 16.1. The number of anilines is 1. The lowest BCUT2D eigenvalue weighted by atomic mass is 9.76. The summed E-state index contributed by atoms with van der Waals surface area (Å²) in [7, 11) is 0. The molecule has 34 heavy (non-hydrogen) atoms. The molecule has 1 atom stereocenters. The Balaban J connectivity index is 1.25. The van der Waals surface area contributed by atoms with Gasteiger partial charge in [-0.1, -0.05) is 23.2 Å². The van der Waals surface area contributed by atoms with Crippen LogP contribution in [-0.2, 0) is 9.59 Å². The molecule has 5 rings (SSSR count). The Labute approximate surface area is 207 Å². The fraction of sp³-hybridized carbons (Fsp3) is 0.417. The van der Waals surface area contributed by atoms with E-state index in [2.05, 4.69) is 10.6 Å². The molecule has 2 bridgehead atoms. The highest BCUT2D eigenvalue weighted by molar-refractivity contribution is 6.31. The molecule has 0 aliphatic heterocycles. The van der Waals surface area contributed by atoms with Gasteiger partial charge in [0.1, 0.15) is 11.6 Å². The molecule has 3 aliphatic rings. The van der Waals surface area contributed by atoms with Crippen LogP contribution in [0.4, 0.5) is 10.1 Å². The van der Waals surface area contributed by atoms with Crippen molar-refractivity contribution in [3.05, 3.63) is 58.3 Å². The first-order valence-electron chi connectivity index (χ1n) is 11.1. The normalized spacial score (nSPS) is 22.6. The van der Waals surface area contributed by atoms with Crippen molar-refractivity contribution >= 4 is 40.7 Å². The van der Waals surface area contributed by atoms with E-state index in [1.165, 1.54) is 12.1 Å². The van der Waals surface area contributed by atoms with Gasteiger partial charge >= 0.3 is 0 Å². The Morgan fingerprint density at radius 3 is 2.53 bits per heavy atom. The highest BCUT2D eigenvalue weighted by atomic mass is 35.5. The van der Waals surface area contributed by atoms with Gasteiger partial charge < -0.3 is 25.4 Å². The van der Waals surface area contributed by atoms with Crippen molar-refractivity contribution in [2.45, 2.75) is 30.8 Å². The van der Waals surface area contributed by atoms with Gasteiger partial charge in [0.05, 0.1) is 18.2 Å². The molecule has 0 spiro atoms. The zero-order valence-corrected chi connectivity index (χ0v) is 19.9. The monoisotopic (exact) mass is 509 g/mol. The van der Waals surface area contributed by atoms with Gasteiger partial charge in [0, 0.05) is 34.9 Å². The molecule has 10 heteroatoms. The van der Waals surface area contributed by atoms with Gasteiger partial charge in [-0.15, -0.1) is 0 Å². The second kappa shape index (κ2) is 10.4. The average Bonchev–Trinajstić information content (AvgIpc) is 3.28. The molecule has 2 amide bonds. The van der Waals surface area contributed by atoms with Crippen LogP contribution in [0.25, 0.3) is 0 Å². The minimum Gasteiger partial charge on any atom is -0.484 e. The van der Waals surface area contributed by atoms with Crippen LogP contribution < -0.4 is 20.3 Å². The van der Waals surface area contributed by atoms with Crippen LogP contribution in [0.5, 0.6) is 5.75 Å². The lowest BCUT2D eigenvalue weighted by molar-refractivity contribution is -0.124. The number of aliphatic hydroxyl groups excluding tert-OH is 1. The first-order chi connectivity index (χ1) is 16.3. The summed E-state index contributed by atoms with van der Waals surface area (Å²) in [6, 6.07) is 11.1. The average molecular weight is 510 g/mol. The number of aliphatic hydroxyl groups is 1. The summed E-state index contributed by atoms with van der Waals surface area (Å²) in [5.41, 5.74) is 0.472. The highest BCUT2D eigenvalue weighted by Crippen LogP contribution is 2.52. The van der Waals surface area contributed by atoms with E-state index in [-0.39, 0.29) is 53.9 Å². The summed E-state index contributed by atoms with van der Waals surface area (Å²) in [6.45, 7) is 0.112. The maximum absolute atomic E-state index is 13.5. The Bertz CT molecular complexity index is 1050. The number of rotatable bonds is 10. The highest BCUT2D eigenvalue weighted by Gasteiger charge is 2.57. The predicted molar refractivity (Wildman–Crippen MR) is 128 cm³/mol. The summed E-state index contributed by atoms with van der Waals surface area (Å²) < 4.78 is 18.9. The number of fused-ring (bicyclic) bond motifs is 1. The molecule has 3 N–H and O–H groups in total. The first-order valence-corrected chi connectivity index (χ1v) is 11.8. The van der Waals surface area contributed by atoms with Crippen LogP contribution in [0, 0.1) is 11.7 Å². The van der Waals surface area contributed by atoms with E-state index in [4.69, 9.17) is 27.9 Å². The van der Waals surface area contributed by atoms with Crippen LogP contribution >= 0.6 is 23.2 Å². The lowest BCUT2D eigenvalue weighted by Gasteiger charge is -2.39. The Hall–Kier alpha value is -2.55. The second-order valence-corrected chi connectivity index (χ2v) is 9.70. The molecule has 182 valence electrons. The molecule has 3 saturated carbocycles. The minimum absolute atomic E-state index is 0.0116. The zero-order valence-electron chi connectivity index (χ0n) is 18.4. The fourth-order valence-corrected chi connectivity index (χ4v) is 5.09. The van der Waals surface area contributed by atoms with Gasteiger partial charge in [-0.25, -0.2) is 4.39 Å². The molecule has 0 heterocycles. The second-order valence-electron chi connectivity index (χ2n) is 8.86. The van der Waals surface area contributed by atoms with E-state index < -0.39 is 5.82 Å². The quantitative estimate of drug-likeness (QED) is 0.457. The third kappa shape index (κ3) is 5.74. The van der Waals surface area contributed by atoms with Crippen LogP contribution in [0.2, 0.25) is 10.0 Å². The topological polar surface area (TPSA) is 90.9 Å². The number of benzene rings is 2. The summed E-state index contributed by atoms with van der Waals surface area (Å²) in [4.78, 5) is 26.9. The largest absolute Gasteiger partial charge is 0.484 e. The minimum atomic E-state index is -0.609. The summed E-state index contributed by atoms with van der Waals surface area (Å²) in [6.07, 6.45) is 2.24. The molecule has 0 radical (unpaired) electrons. The third-order valence-electron chi connectivity index (χ3n) is 6.39. The third-order valence-corrected chi connectivity index (χ3v) is 6.95. The summed E-state index contributed by atoms with van der Waals surface area (Å²) in [5.74, 6) is -0.526. The SMILES string of the molecule is O=C(COc1ccc(Cl)c(F)c1)NC1CC2(NC(=O)CN(CCO)c3ccc(Cl)cc3)CC1C2. The standard InChI is InChI=1S/C24H26Cl2FN3O4/c25-16-1-3-17(4-2-16)30(7-8-31)13-22(32)29-24-10-15(11-24)21(12-24)28-23(33)14-34-18-5-6-19(26)20(27)9-18/h1-6,9,15,21,31H,7-8,10-14H2,(H,28,33)(H,29,32). The predicted octanol–water partition coefficient (Wildman–Crippen LogP) is 3.16. The number of ether oxygens (including phenoxy) is 1. The van der Waals surface area contributed by atoms with Crippen LogP contribution in [0.1, 0.15) is 19.3 Å². The Morgan fingerprint density at radius 2 is 1.85 bits per heavy atom. The van der Waals surface area contributed by atoms with Crippen molar-refractivity contribution < 1.29 is 23.8 Å². The van der Waals surface area contributed by atoms with E-state index in [1.807, 2.05) is 12.1 Å². The van der Waals surface area contributed by atoms with Crippen molar-refractivity contribution in [1.82, 2.24) is 10.6 Å². The number of carbonyl (C=O) groups excluding carboxylic acids is 2. The smallest absolute Gasteiger partial charge is 0.258 e. The zero-order chi connectivity index (χ0) is 24.3. The van der Waals surface area contributed by atoms with E-state index in [1.54, 1.807) is 17.0 Å². The molecular weight excluding hydrogens is 484 g/mol.